The fraction of sp³-hybridized carbons (Fsp3) is 0.143. The van der Waals surface area contributed by atoms with Crippen molar-refractivity contribution < 1.29 is 0 Å². The van der Waals surface area contributed by atoms with Gasteiger partial charge in [0.25, 0.3) is 0 Å². The Balaban J connectivity index is 2.25. The summed E-state index contributed by atoms with van der Waals surface area (Å²) in [5, 5.41) is 3.94. The number of H-pyrrole nitrogens is 1. The molecule has 3 nitrogen and oxygen atoms in total. The maximum atomic E-state index is 6.21. The molecular formula is C14H12ClN3S. The summed E-state index contributed by atoms with van der Waals surface area (Å²) in [7, 11) is 0. The number of aryl methyl sites for hydroxylation is 1. The molecule has 3 rings (SSSR count). The van der Waals surface area contributed by atoms with Gasteiger partial charge in [0.15, 0.2) is 5.65 Å². The molecule has 5 heteroatoms. The number of rotatable bonds is 2. The zero-order valence-electron chi connectivity index (χ0n) is 10.4. The van der Waals surface area contributed by atoms with Crippen molar-refractivity contribution in [1.82, 2.24) is 14.6 Å². The van der Waals surface area contributed by atoms with Crippen LogP contribution in [0.1, 0.15) is 12.6 Å². The van der Waals surface area contributed by atoms with E-state index in [0.717, 1.165) is 33.7 Å². The van der Waals surface area contributed by atoms with Crippen LogP contribution in [0.5, 0.6) is 0 Å². The highest BCUT2D eigenvalue weighted by molar-refractivity contribution is 7.71. The van der Waals surface area contributed by atoms with E-state index >= 15 is 0 Å². The highest BCUT2D eigenvalue weighted by atomic mass is 35.5. The normalized spacial score (nSPS) is 11.1. The van der Waals surface area contributed by atoms with Crippen molar-refractivity contribution in [2.75, 3.05) is 0 Å². The second kappa shape index (κ2) is 4.79. The van der Waals surface area contributed by atoms with Crippen LogP contribution in [0.2, 0.25) is 5.02 Å². The summed E-state index contributed by atoms with van der Waals surface area (Å²) in [6, 6.07) is 11.6. The van der Waals surface area contributed by atoms with Gasteiger partial charge in [0.1, 0.15) is 4.64 Å². The molecule has 0 bridgehead atoms. The predicted molar refractivity (Wildman–Crippen MR) is 80.2 cm³/mol. The van der Waals surface area contributed by atoms with Gasteiger partial charge in [0, 0.05) is 22.3 Å². The van der Waals surface area contributed by atoms with Crippen molar-refractivity contribution in [2.24, 2.45) is 0 Å². The topological polar surface area (TPSA) is 33.1 Å². The maximum Gasteiger partial charge on any atom is 0.155 e. The summed E-state index contributed by atoms with van der Waals surface area (Å²) in [6.45, 7) is 2.06. The largest absolute Gasteiger partial charge is 0.291 e. The Bertz CT molecular complexity index is 804. The average molecular weight is 290 g/mol. The molecule has 0 aliphatic rings. The number of aromatic amines is 1. The molecule has 1 aromatic carbocycles. The van der Waals surface area contributed by atoms with Crippen molar-refractivity contribution in [3.63, 3.8) is 0 Å². The lowest BCUT2D eigenvalue weighted by Crippen LogP contribution is -1.95. The first-order valence-electron chi connectivity index (χ1n) is 6.05. The summed E-state index contributed by atoms with van der Waals surface area (Å²) in [4.78, 5) is 4.55. The summed E-state index contributed by atoms with van der Waals surface area (Å²) < 4.78 is 2.52. The Hall–Kier alpha value is -1.65. The third-order valence-electron chi connectivity index (χ3n) is 3.03. The second-order valence-corrected chi connectivity index (χ2v) is 5.11. The van der Waals surface area contributed by atoms with E-state index in [9.17, 15) is 0 Å². The SMILES string of the molecule is CCc1cc(=S)n2[nH]c(-c3ccccc3Cl)cc2n1. The first-order chi connectivity index (χ1) is 9.19. The van der Waals surface area contributed by atoms with Crippen molar-refractivity contribution in [1.29, 1.82) is 0 Å². The molecular weight excluding hydrogens is 278 g/mol. The molecule has 1 N–H and O–H groups in total. The Morgan fingerprint density at radius 2 is 2.11 bits per heavy atom. The van der Waals surface area contributed by atoms with E-state index in [1.165, 1.54) is 0 Å². The van der Waals surface area contributed by atoms with Crippen LogP contribution in [0, 0.1) is 4.64 Å². The fourth-order valence-electron chi connectivity index (χ4n) is 2.04. The van der Waals surface area contributed by atoms with Gasteiger partial charge in [-0.15, -0.1) is 0 Å². The molecule has 0 aliphatic heterocycles. The van der Waals surface area contributed by atoms with Crippen LogP contribution in [-0.2, 0) is 6.42 Å². The molecule has 0 saturated carbocycles. The number of aromatic nitrogens is 3. The van der Waals surface area contributed by atoms with Gasteiger partial charge in [-0.25, -0.2) is 9.50 Å². The molecule has 2 heterocycles. The van der Waals surface area contributed by atoms with Gasteiger partial charge in [-0.2, -0.15) is 0 Å². The molecule has 0 atom stereocenters. The fourth-order valence-corrected chi connectivity index (χ4v) is 2.55. The Morgan fingerprint density at radius 3 is 2.84 bits per heavy atom. The van der Waals surface area contributed by atoms with E-state index in [2.05, 4.69) is 17.0 Å². The first kappa shape index (κ1) is 12.4. The molecule has 0 unspecified atom stereocenters. The summed E-state index contributed by atoms with van der Waals surface area (Å²) in [5.41, 5.74) is 3.67. The van der Waals surface area contributed by atoms with Crippen LogP contribution in [0.15, 0.2) is 36.4 Å². The smallest absolute Gasteiger partial charge is 0.155 e. The lowest BCUT2D eigenvalue weighted by molar-refractivity contribution is 0.901. The molecule has 0 fully saturated rings. The number of nitrogens with zero attached hydrogens (tertiary/aromatic N) is 2. The van der Waals surface area contributed by atoms with E-state index in [0.29, 0.717) is 5.02 Å². The Kier molecular flexibility index (Phi) is 3.12. The van der Waals surface area contributed by atoms with E-state index in [4.69, 9.17) is 23.8 Å². The highest BCUT2D eigenvalue weighted by Gasteiger charge is 2.08. The standard InChI is InChI=1S/C14H12ClN3S/c1-2-9-7-14(19)18-13(16-9)8-12(17-18)10-5-3-4-6-11(10)15/h3-8,17H,2H2,1H3. The predicted octanol–water partition coefficient (Wildman–Crippen LogP) is 4.27. The minimum Gasteiger partial charge on any atom is -0.291 e. The van der Waals surface area contributed by atoms with Crippen LogP contribution in [0.25, 0.3) is 16.9 Å². The minimum absolute atomic E-state index is 0.705. The van der Waals surface area contributed by atoms with Gasteiger partial charge >= 0.3 is 0 Å². The van der Waals surface area contributed by atoms with Crippen LogP contribution >= 0.6 is 23.8 Å². The van der Waals surface area contributed by atoms with Crippen molar-refractivity contribution in [2.45, 2.75) is 13.3 Å². The lowest BCUT2D eigenvalue weighted by atomic mass is 10.1. The number of halogens is 1. The molecule has 0 radical (unpaired) electrons. The quantitative estimate of drug-likeness (QED) is 0.715. The molecule has 0 spiro atoms. The van der Waals surface area contributed by atoms with E-state index in [-0.39, 0.29) is 0 Å². The number of nitrogens with one attached hydrogen (secondary N) is 1. The molecule has 3 aromatic rings. The summed E-state index contributed by atoms with van der Waals surface area (Å²) in [6.07, 6.45) is 0.868. The molecule has 2 aromatic heterocycles. The first-order valence-corrected chi connectivity index (χ1v) is 6.84. The van der Waals surface area contributed by atoms with Crippen molar-refractivity contribution in [3.8, 4) is 11.3 Å². The molecule has 0 saturated heterocycles. The van der Waals surface area contributed by atoms with Gasteiger partial charge in [0.2, 0.25) is 0 Å². The summed E-state index contributed by atoms with van der Waals surface area (Å²) in [5.74, 6) is 0. The monoisotopic (exact) mass is 289 g/mol. The number of hydrogen-bond donors (Lipinski definition) is 1. The van der Waals surface area contributed by atoms with Gasteiger partial charge in [-0.1, -0.05) is 48.9 Å². The average Bonchev–Trinajstić information content (AvgIpc) is 2.83. The molecule has 0 aliphatic carbocycles. The van der Waals surface area contributed by atoms with Crippen LogP contribution in [0.4, 0.5) is 0 Å². The number of benzene rings is 1. The van der Waals surface area contributed by atoms with Crippen molar-refractivity contribution >= 4 is 29.5 Å². The minimum atomic E-state index is 0.705. The number of fused-ring (bicyclic) bond motifs is 1. The molecule has 19 heavy (non-hydrogen) atoms. The van der Waals surface area contributed by atoms with E-state index in [1.54, 1.807) is 4.52 Å². The van der Waals surface area contributed by atoms with Gasteiger partial charge in [-0.3, -0.25) is 5.10 Å². The van der Waals surface area contributed by atoms with Crippen LogP contribution in [0.3, 0.4) is 0 Å². The second-order valence-electron chi connectivity index (χ2n) is 4.28. The Morgan fingerprint density at radius 1 is 1.32 bits per heavy atom. The lowest BCUT2D eigenvalue weighted by Gasteiger charge is -2.00. The third kappa shape index (κ3) is 2.17. The zero-order valence-corrected chi connectivity index (χ0v) is 11.9. The van der Waals surface area contributed by atoms with Crippen LogP contribution < -0.4 is 0 Å². The Labute approximate surface area is 120 Å². The summed E-state index contributed by atoms with van der Waals surface area (Å²) >= 11 is 11.6. The van der Waals surface area contributed by atoms with E-state index in [1.807, 2.05) is 36.4 Å². The van der Waals surface area contributed by atoms with Gasteiger partial charge in [-0.05, 0) is 18.6 Å². The maximum absolute atomic E-state index is 6.21. The number of hydrogen-bond acceptors (Lipinski definition) is 2. The van der Waals surface area contributed by atoms with Gasteiger partial charge in [0.05, 0.1) is 5.69 Å². The van der Waals surface area contributed by atoms with Gasteiger partial charge < -0.3 is 0 Å². The van der Waals surface area contributed by atoms with Crippen molar-refractivity contribution in [3.05, 3.63) is 51.8 Å². The molecule has 96 valence electrons. The van der Waals surface area contributed by atoms with E-state index < -0.39 is 0 Å². The highest BCUT2D eigenvalue weighted by Crippen LogP contribution is 2.27. The third-order valence-corrected chi connectivity index (χ3v) is 3.66. The zero-order chi connectivity index (χ0) is 13.4. The van der Waals surface area contributed by atoms with Crippen LogP contribution in [-0.4, -0.2) is 14.6 Å². The molecule has 0 amide bonds.